The second-order valence-electron chi connectivity index (χ2n) is 7.82. The van der Waals surface area contributed by atoms with Crippen molar-refractivity contribution in [1.29, 1.82) is 0 Å². The molecule has 1 unspecified atom stereocenters. The average molecular weight is 267 g/mol. The fourth-order valence-corrected chi connectivity index (χ4v) is 4.00. The Kier molecular flexibility index (Phi) is 3.72. The summed E-state index contributed by atoms with van der Waals surface area (Å²) in [4.78, 5) is 14.6. The lowest BCUT2D eigenvalue weighted by Gasteiger charge is -2.59. The number of fused-ring (bicyclic) bond motifs is 3. The highest BCUT2D eigenvalue weighted by Crippen LogP contribution is 2.65. The zero-order chi connectivity index (χ0) is 14.3. The summed E-state index contributed by atoms with van der Waals surface area (Å²) in [5.74, 6) is 0.0301. The van der Waals surface area contributed by atoms with E-state index in [4.69, 9.17) is 4.74 Å². The third-order valence-electron chi connectivity index (χ3n) is 5.90. The van der Waals surface area contributed by atoms with Crippen LogP contribution in [0.3, 0.4) is 0 Å². The summed E-state index contributed by atoms with van der Waals surface area (Å²) in [6, 6.07) is 0. The first-order valence-electron chi connectivity index (χ1n) is 7.53. The van der Waals surface area contributed by atoms with Crippen LogP contribution < -0.4 is 0 Å². The molecule has 3 nitrogen and oxygen atoms in total. The van der Waals surface area contributed by atoms with Gasteiger partial charge in [0.2, 0.25) is 0 Å². The van der Waals surface area contributed by atoms with Crippen LogP contribution in [0.5, 0.6) is 0 Å². The molecule has 0 aromatic heterocycles. The lowest BCUT2D eigenvalue weighted by molar-refractivity contribution is -0.183. The SMILES string of the molecule is CN(C)CCOC(=O)C1(C)CC2(C)CCC1(C)CC2. The first-order valence-corrected chi connectivity index (χ1v) is 7.53. The van der Waals surface area contributed by atoms with Crippen molar-refractivity contribution in [3.8, 4) is 0 Å². The molecule has 0 radical (unpaired) electrons. The van der Waals surface area contributed by atoms with Gasteiger partial charge in [0.1, 0.15) is 6.61 Å². The van der Waals surface area contributed by atoms with Crippen LogP contribution in [0, 0.1) is 16.2 Å². The standard InChI is InChI=1S/C16H29NO2/c1-14-6-8-15(2,9-7-14)16(3,12-14)13(18)19-11-10-17(4)5/h6-12H2,1-5H3. The Hall–Kier alpha value is -0.570. The summed E-state index contributed by atoms with van der Waals surface area (Å²) in [5, 5.41) is 0. The van der Waals surface area contributed by atoms with Gasteiger partial charge in [-0.15, -0.1) is 0 Å². The second-order valence-corrected chi connectivity index (χ2v) is 7.82. The number of nitrogens with zero attached hydrogens (tertiary/aromatic N) is 1. The molecule has 0 aromatic carbocycles. The molecule has 0 amide bonds. The van der Waals surface area contributed by atoms with Gasteiger partial charge < -0.3 is 9.64 Å². The molecule has 0 aliphatic heterocycles. The van der Waals surface area contributed by atoms with Gasteiger partial charge in [-0.1, -0.05) is 13.8 Å². The number of rotatable bonds is 4. The minimum absolute atomic E-state index is 0.0301. The normalized spacial score (nSPS) is 41.6. The molecule has 3 fully saturated rings. The van der Waals surface area contributed by atoms with E-state index in [-0.39, 0.29) is 16.8 Å². The van der Waals surface area contributed by atoms with E-state index in [1.807, 2.05) is 19.0 Å². The van der Waals surface area contributed by atoms with E-state index in [1.165, 1.54) is 25.7 Å². The van der Waals surface area contributed by atoms with E-state index in [2.05, 4.69) is 20.8 Å². The van der Waals surface area contributed by atoms with Gasteiger partial charge in [-0.05, 0) is 64.0 Å². The van der Waals surface area contributed by atoms with E-state index in [0.717, 1.165) is 13.0 Å². The molecule has 3 aliphatic carbocycles. The molecule has 0 spiro atoms. The summed E-state index contributed by atoms with van der Waals surface area (Å²) in [6.45, 7) is 8.08. The largest absolute Gasteiger partial charge is 0.464 e. The van der Waals surface area contributed by atoms with Crippen molar-refractivity contribution >= 4 is 5.97 Å². The maximum atomic E-state index is 12.6. The summed E-state index contributed by atoms with van der Waals surface area (Å²) < 4.78 is 5.58. The van der Waals surface area contributed by atoms with Crippen LogP contribution in [0.1, 0.15) is 52.9 Å². The lowest BCUT2D eigenvalue weighted by Crippen LogP contribution is -2.56. The highest BCUT2D eigenvalue weighted by Gasteiger charge is 2.60. The first kappa shape index (κ1) is 14.8. The summed E-state index contributed by atoms with van der Waals surface area (Å²) in [6.07, 6.45) is 5.87. The van der Waals surface area contributed by atoms with Crippen molar-refractivity contribution in [3.05, 3.63) is 0 Å². The summed E-state index contributed by atoms with van der Waals surface area (Å²) in [7, 11) is 4.00. The molecule has 0 N–H and O–H groups in total. The fourth-order valence-electron chi connectivity index (χ4n) is 4.00. The molecule has 2 bridgehead atoms. The highest BCUT2D eigenvalue weighted by molar-refractivity contribution is 5.78. The third kappa shape index (κ3) is 2.54. The van der Waals surface area contributed by atoms with Crippen molar-refractivity contribution in [2.75, 3.05) is 27.2 Å². The molecular weight excluding hydrogens is 238 g/mol. The van der Waals surface area contributed by atoms with E-state index >= 15 is 0 Å². The Morgan fingerprint density at radius 3 is 2.21 bits per heavy atom. The van der Waals surface area contributed by atoms with Crippen molar-refractivity contribution in [2.24, 2.45) is 16.2 Å². The minimum atomic E-state index is -0.287. The predicted octanol–water partition coefficient (Wildman–Crippen LogP) is 3.09. The molecule has 0 saturated heterocycles. The smallest absolute Gasteiger partial charge is 0.312 e. The molecule has 0 heterocycles. The van der Waals surface area contributed by atoms with Gasteiger partial charge in [-0.3, -0.25) is 4.79 Å². The van der Waals surface area contributed by atoms with Gasteiger partial charge in [0.25, 0.3) is 0 Å². The van der Waals surface area contributed by atoms with Crippen LogP contribution in [0.25, 0.3) is 0 Å². The predicted molar refractivity (Wildman–Crippen MR) is 76.9 cm³/mol. The maximum Gasteiger partial charge on any atom is 0.312 e. The van der Waals surface area contributed by atoms with E-state index in [1.54, 1.807) is 0 Å². The van der Waals surface area contributed by atoms with Crippen LogP contribution in [0.15, 0.2) is 0 Å². The number of likely N-dealkylation sites (N-methyl/N-ethyl adjacent to an activating group) is 1. The van der Waals surface area contributed by atoms with Crippen molar-refractivity contribution in [3.63, 3.8) is 0 Å². The van der Waals surface area contributed by atoms with Crippen LogP contribution >= 0.6 is 0 Å². The van der Waals surface area contributed by atoms with Gasteiger partial charge in [0.05, 0.1) is 5.41 Å². The lowest BCUT2D eigenvalue weighted by atomic mass is 9.44. The van der Waals surface area contributed by atoms with Gasteiger partial charge >= 0.3 is 5.97 Å². The Morgan fingerprint density at radius 2 is 1.68 bits per heavy atom. The molecule has 3 rings (SSSR count). The van der Waals surface area contributed by atoms with Crippen LogP contribution in [-0.4, -0.2) is 38.1 Å². The fraction of sp³-hybridized carbons (Fsp3) is 0.938. The molecule has 19 heavy (non-hydrogen) atoms. The van der Waals surface area contributed by atoms with Crippen molar-refractivity contribution in [1.82, 2.24) is 4.90 Å². The van der Waals surface area contributed by atoms with Crippen LogP contribution in [0.4, 0.5) is 0 Å². The van der Waals surface area contributed by atoms with E-state index in [9.17, 15) is 4.79 Å². The van der Waals surface area contributed by atoms with E-state index in [0.29, 0.717) is 12.0 Å². The number of hydrogen-bond acceptors (Lipinski definition) is 3. The number of esters is 1. The molecule has 0 aromatic rings. The molecule has 110 valence electrons. The Labute approximate surface area is 117 Å². The molecule has 3 saturated carbocycles. The Morgan fingerprint density at radius 1 is 1.11 bits per heavy atom. The number of ether oxygens (including phenoxy) is 1. The summed E-state index contributed by atoms with van der Waals surface area (Å²) in [5.41, 5.74) is 0.206. The third-order valence-corrected chi connectivity index (χ3v) is 5.90. The highest BCUT2D eigenvalue weighted by atomic mass is 16.5. The second kappa shape index (κ2) is 4.76. The maximum absolute atomic E-state index is 12.6. The number of carbonyl (C=O) groups is 1. The van der Waals surface area contributed by atoms with E-state index < -0.39 is 0 Å². The van der Waals surface area contributed by atoms with Gasteiger partial charge in [-0.25, -0.2) is 0 Å². The van der Waals surface area contributed by atoms with Gasteiger partial charge in [0.15, 0.2) is 0 Å². The van der Waals surface area contributed by atoms with Crippen molar-refractivity contribution < 1.29 is 9.53 Å². The zero-order valence-electron chi connectivity index (χ0n) is 13.2. The minimum Gasteiger partial charge on any atom is -0.464 e. The average Bonchev–Trinajstić information content (AvgIpc) is 2.31. The number of carbonyl (C=O) groups excluding carboxylic acids is 1. The monoisotopic (exact) mass is 267 g/mol. The molecule has 3 aliphatic rings. The zero-order valence-corrected chi connectivity index (χ0v) is 13.2. The first-order chi connectivity index (χ1) is 8.71. The quantitative estimate of drug-likeness (QED) is 0.733. The Bertz CT molecular complexity index is 356. The molecule has 3 heteroatoms. The van der Waals surface area contributed by atoms with Crippen LogP contribution in [0.2, 0.25) is 0 Å². The Balaban J connectivity index is 2.06. The van der Waals surface area contributed by atoms with Crippen LogP contribution in [-0.2, 0) is 9.53 Å². The molecule has 1 atom stereocenters. The topological polar surface area (TPSA) is 29.5 Å². The molecular formula is C16H29NO2. The van der Waals surface area contributed by atoms with Gasteiger partial charge in [0, 0.05) is 6.54 Å². The summed E-state index contributed by atoms with van der Waals surface area (Å²) >= 11 is 0. The van der Waals surface area contributed by atoms with Gasteiger partial charge in [-0.2, -0.15) is 0 Å². The van der Waals surface area contributed by atoms with Crippen molar-refractivity contribution in [2.45, 2.75) is 52.9 Å². The number of hydrogen-bond donors (Lipinski definition) is 0.